The molecule has 0 aliphatic heterocycles. The highest BCUT2D eigenvalue weighted by Gasteiger charge is 2.13. The van der Waals surface area contributed by atoms with E-state index in [1.165, 1.54) is 6.08 Å². The Morgan fingerprint density at radius 3 is 2.63 bits per heavy atom. The van der Waals surface area contributed by atoms with Gasteiger partial charge in [0.05, 0.1) is 23.1 Å². The maximum absolute atomic E-state index is 10.8. The molecule has 0 saturated carbocycles. The molecule has 0 radical (unpaired) electrons. The highest BCUT2D eigenvalue weighted by molar-refractivity contribution is 9.10. The molecule has 6 heteroatoms. The SMILES string of the molecule is CCOc1cc(/C=C(/CC)[N+](=O)[O-])cc(Br)c1OC. The van der Waals surface area contributed by atoms with Crippen molar-refractivity contribution in [2.45, 2.75) is 20.3 Å². The molecule has 104 valence electrons. The van der Waals surface area contributed by atoms with Crippen molar-refractivity contribution in [3.05, 3.63) is 38.0 Å². The number of hydrogen-bond donors (Lipinski definition) is 0. The zero-order chi connectivity index (χ0) is 14.4. The predicted molar refractivity (Wildman–Crippen MR) is 77.1 cm³/mol. The summed E-state index contributed by atoms with van der Waals surface area (Å²) < 4.78 is 11.4. The van der Waals surface area contributed by atoms with Gasteiger partial charge < -0.3 is 9.47 Å². The van der Waals surface area contributed by atoms with Gasteiger partial charge in [-0.05, 0) is 40.5 Å². The van der Waals surface area contributed by atoms with Crippen LogP contribution in [0.2, 0.25) is 0 Å². The standard InChI is InChI=1S/C13H16BrNO4/c1-4-10(15(16)17)6-9-7-11(14)13(18-3)12(8-9)19-5-2/h6-8H,4-5H2,1-3H3/b10-6-. The van der Waals surface area contributed by atoms with Crippen LogP contribution >= 0.6 is 15.9 Å². The van der Waals surface area contributed by atoms with Crippen molar-refractivity contribution < 1.29 is 14.4 Å². The summed E-state index contributed by atoms with van der Waals surface area (Å²) in [4.78, 5) is 10.4. The molecule has 1 aromatic rings. The second-order valence-corrected chi connectivity index (χ2v) is 4.57. The fourth-order valence-electron chi connectivity index (χ4n) is 1.61. The van der Waals surface area contributed by atoms with Gasteiger partial charge in [-0.25, -0.2) is 0 Å². The highest BCUT2D eigenvalue weighted by Crippen LogP contribution is 2.37. The molecule has 19 heavy (non-hydrogen) atoms. The number of rotatable bonds is 6. The molecule has 1 aromatic carbocycles. The van der Waals surface area contributed by atoms with E-state index in [9.17, 15) is 10.1 Å². The number of halogens is 1. The zero-order valence-corrected chi connectivity index (χ0v) is 12.7. The number of methoxy groups -OCH3 is 1. The summed E-state index contributed by atoms with van der Waals surface area (Å²) in [6.07, 6.45) is 1.90. The number of ether oxygens (including phenoxy) is 2. The molecule has 0 saturated heterocycles. The van der Waals surface area contributed by atoms with Crippen molar-refractivity contribution in [3.8, 4) is 11.5 Å². The molecule has 0 N–H and O–H groups in total. The molecule has 1 rings (SSSR count). The van der Waals surface area contributed by atoms with Gasteiger partial charge in [-0.2, -0.15) is 0 Å². The Bertz CT molecular complexity index is 500. The van der Waals surface area contributed by atoms with E-state index in [0.717, 1.165) is 0 Å². The summed E-state index contributed by atoms with van der Waals surface area (Å²) in [6.45, 7) is 4.10. The van der Waals surface area contributed by atoms with Crippen molar-refractivity contribution in [1.29, 1.82) is 0 Å². The summed E-state index contributed by atoms with van der Waals surface area (Å²) in [5, 5.41) is 10.8. The van der Waals surface area contributed by atoms with Gasteiger partial charge in [0.15, 0.2) is 11.5 Å². The van der Waals surface area contributed by atoms with Crippen LogP contribution in [0.15, 0.2) is 22.3 Å². The fraction of sp³-hybridized carbons (Fsp3) is 0.385. The lowest BCUT2D eigenvalue weighted by Crippen LogP contribution is -1.99. The Balaban J connectivity index is 3.27. The van der Waals surface area contributed by atoms with Crippen LogP contribution in [0, 0.1) is 10.1 Å². The molecular formula is C13H16BrNO4. The summed E-state index contributed by atoms with van der Waals surface area (Å²) in [5.74, 6) is 1.14. The van der Waals surface area contributed by atoms with Crippen LogP contribution in [0.3, 0.4) is 0 Å². The molecule has 0 unspecified atom stereocenters. The van der Waals surface area contributed by atoms with E-state index < -0.39 is 0 Å². The molecule has 0 aliphatic rings. The van der Waals surface area contributed by atoms with E-state index in [1.807, 2.05) is 6.92 Å². The molecule has 0 heterocycles. The Morgan fingerprint density at radius 2 is 2.16 bits per heavy atom. The topological polar surface area (TPSA) is 61.6 Å². The average molecular weight is 330 g/mol. The normalized spacial score (nSPS) is 11.3. The molecule has 0 aliphatic carbocycles. The number of benzene rings is 1. The highest BCUT2D eigenvalue weighted by atomic mass is 79.9. The Hall–Kier alpha value is -1.56. The second kappa shape index (κ2) is 7.13. The number of nitrogens with zero attached hydrogens (tertiary/aromatic N) is 1. The largest absolute Gasteiger partial charge is 0.492 e. The van der Waals surface area contributed by atoms with Crippen LogP contribution in [-0.4, -0.2) is 18.6 Å². The van der Waals surface area contributed by atoms with Crippen molar-refractivity contribution in [2.75, 3.05) is 13.7 Å². The Labute approximate surface area is 120 Å². The van der Waals surface area contributed by atoms with Crippen LogP contribution in [-0.2, 0) is 0 Å². The first-order chi connectivity index (χ1) is 9.03. The maximum Gasteiger partial charge on any atom is 0.246 e. The van der Waals surface area contributed by atoms with E-state index >= 15 is 0 Å². The van der Waals surface area contributed by atoms with Gasteiger partial charge in [0.25, 0.3) is 0 Å². The molecule has 0 spiro atoms. The molecular weight excluding hydrogens is 314 g/mol. The van der Waals surface area contributed by atoms with E-state index in [0.29, 0.717) is 34.6 Å². The van der Waals surface area contributed by atoms with Gasteiger partial charge in [-0.3, -0.25) is 10.1 Å². The molecule has 0 bridgehead atoms. The lowest BCUT2D eigenvalue weighted by Gasteiger charge is -2.12. The lowest BCUT2D eigenvalue weighted by molar-refractivity contribution is -0.425. The van der Waals surface area contributed by atoms with E-state index in [4.69, 9.17) is 9.47 Å². The maximum atomic E-state index is 10.8. The van der Waals surface area contributed by atoms with E-state index in [-0.39, 0.29) is 10.6 Å². The minimum Gasteiger partial charge on any atom is -0.492 e. The van der Waals surface area contributed by atoms with Crippen molar-refractivity contribution in [1.82, 2.24) is 0 Å². The smallest absolute Gasteiger partial charge is 0.246 e. The minimum absolute atomic E-state index is 0.152. The van der Waals surface area contributed by atoms with Crippen molar-refractivity contribution in [3.63, 3.8) is 0 Å². The molecule has 0 fully saturated rings. The van der Waals surface area contributed by atoms with Crippen molar-refractivity contribution >= 4 is 22.0 Å². The molecule has 0 amide bonds. The van der Waals surface area contributed by atoms with E-state index in [2.05, 4.69) is 15.9 Å². The quantitative estimate of drug-likeness (QED) is 0.586. The first kappa shape index (κ1) is 15.5. The average Bonchev–Trinajstić information content (AvgIpc) is 2.35. The van der Waals surface area contributed by atoms with Gasteiger partial charge in [0, 0.05) is 12.5 Å². The van der Waals surface area contributed by atoms with Crippen LogP contribution in [0.4, 0.5) is 0 Å². The van der Waals surface area contributed by atoms with Crippen LogP contribution in [0.1, 0.15) is 25.8 Å². The Kier molecular flexibility index (Phi) is 5.82. The summed E-state index contributed by atoms with van der Waals surface area (Å²) >= 11 is 3.37. The fourth-order valence-corrected chi connectivity index (χ4v) is 2.23. The Morgan fingerprint density at radius 1 is 1.47 bits per heavy atom. The number of allylic oxidation sites excluding steroid dienone is 1. The monoisotopic (exact) mass is 329 g/mol. The third-order valence-corrected chi connectivity index (χ3v) is 3.05. The third-order valence-electron chi connectivity index (χ3n) is 2.47. The zero-order valence-electron chi connectivity index (χ0n) is 11.1. The van der Waals surface area contributed by atoms with E-state index in [1.54, 1.807) is 26.2 Å². The van der Waals surface area contributed by atoms with Crippen LogP contribution in [0.25, 0.3) is 6.08 Å². The summed E-state index contributed by atoms with van der Waals surface area (Å²) in [6, 6.07) is 3.49. The van der Waals surface area contributed by atoms with Gasteiger partial charge in [0.2, 0.25) is 5.70 Å². The molecule has 5 nitrogen and oxygen atoms in total. The van der Waals surface area contributed by atoms with Crippen LogP contribution in [0.5, 0.6) is 11.5 Å². The number of nitro groups is 1. The molecule has 0 aromatic heterocycles. The third kappa shape index (κ3) is 3.96. The van der Waals surface area contributed by atoms with Gasteiger partial charge in [-0.1, -0.05) is 6.92 Å². The van der Waals surface area contributed by atoms with Gasteiger partial charge in [0.1, 0.15) is 0 Å². The minimum atomic E-state index is -0.376. The van der Waals surface area contributed by atoms with Gasteiger partial charge >= 0.3 is 0 Å². The van der Waals surface area contributed by atoms with Crippen LogP contribution < -0.4 is 9.47 Å². The first-order valence-electron chi connectivity index (χ1n) is 5.88. The van der Waals surface area contributed by atoms with Crippen molar-refractivity contribution in [2.24, 2.45) is 0 Å². The second-order valence-electron chi connectivity index (χ2n) is 3.71. The van der Waals surface area contributed by atoms with Gasteiger partial charge in [-0.15, -0.1) is 0 Å². The summed E-state index contributed by atoms with van der Waals surface area (Å²) in [5.41, 5.74) is 0.851. The lowest BCUT2D eigenvalue weighted by atomic mass is 10.1. The first-order valence-corrected chi connectivity index (χ1v) is 6.68. The summed E-state index contributed by atoms with van der Waals surface area (Å²) in [7, 11) is 1.55. The predicted octanol–water partition coefficient (Wildman–Crippen LogP) is 3.88. The molecule has 0 atom stereocenters. The number of hydrogen-bond acceptors (Lipinski definition) is 4.